The molecule has 0 aliphatic carbocycles. The van der Waals surface area contributed by atoms with Crippen LogP contribution in [0, 0.1) is 0 Å². The third-order valence-electron chi connectivity index (χ3n) is 3.90. The highest BCUT2D eigenvalue weighted by atomic mass is 35.5. The van der Waals surface area contributed by atoms with Crippen LogP contribution in [0.4, 0.5) is 0 Å². The molecule has 0 spiro atoms. The van der Waals surface area contributed by atoms with Gasteiger partial charge in [0.15, 0.2) is 11.4 Å². The number of unbranched alkanes of at least 4 members (excludes halogenated alkanes) is 1. The number of fused-ring (bicyclic) bond motifs is 1. The highest BCUT2D eigenvalue weighted by molar-refractivity contribution is 6.43. The molecule has 1 aromatic heterocycles. The van der Waals surface area contributed by atoms with Gasteiger partial charge in [0.1, 0.15) is 5.02 Å². The molecule has 0 unspecified atom stereocenters. The van der Waals surface area contributed by atoms with Gasteiger partial charge in [-0.2, -0.15) is 5.10 Å². The Morgan fingerprint density at radius 1 is 1.12 bits per heavy atom. The van der Waals surface area contributed by atoms with Crippen molar-refractivity contribution >= 4 is 39.9 Å². The summed E-state index contributed by atoms with van der Waals surface area (Å²) in [5, 5.41) is 5.52. The predicted molar refractivity (Wildman–Crippen MR) is 102 cm³/mol. The average Bonchev–Trinajstić information content (AvgIpc) is 2.65. The number of aromatic nitrogens is 2. The second kappa shape index (κ2) is 7.89. The largest absolute Gasteiger partial charge is 0.420 e. The summed E-state index contributed by atoms with van der Waals surface area (Å²) in [6.07, 6.45) is 1.68. The molecule has 3 aromatic rings. The zero-order valence-electron chi connectivity index (χ0n) is 14.0. The highest BCUT2D eigenvalue weighted by Crippen LogP contribution is 2.32. The lowest BCUT2D eigenvalue weighted by Crippen LogP contribution is -2.27. The third-order valence-corrected chi connectivity index (χ3v) is 4.70. The Morgan fingerprint density at radius 3 is 2.58 bits per heavy atom. The maximum Gasteiger partial charge on any atom is 0.364 e. The normalized spacial score (nSPS) is 10.9. The van der Waals surface area contributed by atoms with E-state index in [9.17, 15) is 9.59 Å². The van der Waals surface area contributed by atoms with E-state index in [1.165, 1.54) is 4.68 Å². The number of hydrogen-bond donors (Lipinski definition) is 0. The number of benzene rings is 2. The Labute approximate surface area is 160 Å². The number of carbonyl (C=O) groups is 1. The molecule has 134 valence electrons. The number of ether oxygens (including phenoxy) is 1. The van der Waals surface area contributed by atoms with Gasteiger partial charge in [-0.05, 0) is 24.6 Å². The monoisotopic (exact) mass is 390 g/mol. The minimum atomic E-state index is -0.699. The first-order valence-corrected chi connectivity index (χ1v) is 8.94. The van der Waals surface area contributed by atoms with Gasteiger partial charge in [-0.3, -0.25) is 4.79 Å². The van der Waals surface area contributed by atoms with Crippen molar-refractivity contribution in [3.63, 3.8) is 0 Å². The number of carbonyl (C=O) groups excluding carboxylic acids is 1. The van der Waals surface area contributed by atoms with Crippen LogP contribution in [0.5, 0.6) is 5.75 Å². The lowest BCUT2D eigenvalue weighted by atomic mass is 10.1. The first kappa shape index (κ1) is 18.4. The first-order chi connectivity index (χ1) is 12.5. The van der Waals surface area contributed by atoms with E-state index in [0.29, 0.717) is 17.3 Å². The summed E-state index contributed by atoms with van der Waals surface area (Å²) >= 11 is 12.0. The van der Waals surface area contributed by atoms with Gasteiger partial charge in [0.25, 0.3) is 5.56 Å². The smallest absolute Gasteiger partial charge is 0.364 e. The van der Waals surface area contributed by atoms with Crippen LogP contribution in [0.3, 0.4) is 0 Å². The zero-order valence-corrected chi connectivity index (χ0v) is 15.5. The molecule has 0 N–H and O–H groups in total. The maximum absolute atomic E-state index is 12.7. The fourth-order valence-corrected chi connectivity index (χ4v) is 2.89. The lowest BCUT2D eigenvalue weighted by molar-refractivity contribution is 0.0728. The van der Waals surface area contributed by atoms with Gasteiger partial charge in [-0.25, -0.2) is 9.48 Å². The van der Waals surface area contributed by atoms with Crippen LogP contribution < -0.4 is 10.3 Å². The summed E-state index contributed by atoms with van der Waals surface area (Å²) in [4.78, 5) is 25.3. The molecule has 0 saturated heterocycles. The van der Waals surface area contributed by atoms with Crippen LogP contribution in [0.2, 0.25) is 10.0 Å². The summed E-state index contributed by atoms with van der Waals surface area (Å²) in [5.41, 5.74) is -0.168. The Hall–Kier alpha value is -2.37. The number of esters is 1. The van der Waals surface area contributed by atoms with E-state index in [-0.39, 0.29) is 27.0 Å². The van der Waals surface area contributed by atoms with Gasteiger partial charge < -0.3 is 4.74 Å². The summed E-state index contributed by atoms with van der Waals surface area (Å²) in [7, 11) is 0. The fourth-order valence-electron chi connectivity index (χ4n) is 2.56. The maximum atomic E-state index is 12.7. The Morgan fingerprint density at radius 2 is 1.85 bits per heavy atom. The van der Waals surface area contributed by atoms with E-state index in [1.807, 2.05) is 6.92 Å². The molecule has 0 fully saturated rings. The predicted octanol–water partition coefficient (Wildman–Crippen LogP) is 4.72. The van der Waals surface area contributed by atoms with Gasteiger partial charge in [-0.1, -0.05) is 60.8 Å². The summed E-state index contributed by atoms with van der Waals surface area (Å²) in [6.45, 7) is 2.45. The van der Waals surface area contributed by atoms with E-state index >= 15 is 0 Å². The number of aryl methyl sites for hydroxylation is 1. The second-order valence-corrected chi connectivity index (χ2v) is 6.50. The van der Waals surface area contributed by atoms with E-state index < -0.39 is 5.97 Å². The van der Waals surface area contributed by atoms with Crippen LogP contribution in [-0.4, -0.2) is 15.7 Å². The fraction of sp³-hybridized carbons (Fsp3) is 0.211. The van der Waals surface area contributed by atoms with Crippen molar-refractivity contribution in [1.82, 2.24) is 9.78 Å². The molecule has 7 heteroatoms. The molecule has 1 heterocycles. The molecule has 0 bridgehead atoms. The van der Waals surface area contributed by atoms with Crippen LogP contribution in [-0.2, 0) is 6.54 Å². The van der Waals surface area contributed by atoms with E-state index in [4.69, 9.17) is 27.9 Å². The van der Waals surface area contributed by atoms with Crippen LogP contribution in [0.25, 0.3) is 10.8 Å². The van der Waals surface area contributed by atoms with Crippen LogP contribution >= 0.6 is 23.2 Å². The molecule has 0 aliphatic rings. The Kier molecular flexibility index (Phi) is 5.59. The molecular formula is C19H16Cl2N2O3. The van der Waals surface area contributed by atoms with Gasteiger partial charge in [-0.15, -0.1) is 0 Å². The minimum Gasteiger partial charge on any atom is -0.420 e. The van der Waals surface area contributed by atoms with E-state index in [2.05, 4.69) is 5.10 Å². The standard InChI is InChI=1S/C19H16Cl2N2O3/c1-2-3-11-23-18(24)13-8-5-4-7-12(13)17(22-23)19(25)26-15-10-6-9-14(20)16(15)21/h4-10H,2-3,11H2,1H3. The SMILES string of the molecule is CCCCn1nc(C(=O)Oc2cccc(Cl)c2Cl)c2ccccc2c1=O. The molecule has 5 nitrogen and oxygen atoms in total. The third kappa shape index (κ3) is 3.59. The molecule has 3 rings (SSSR count). The molecule has 0 amide bonds. The van der Waals surface area contributed by atoms with Crippen molar-refractivity contribution in [1.29, 1.82) is 0 Å². The molecule has 0 aliphatic heterocycles. The van der Waals surface area contributed by atoms with Gasteiger partial charge in [0.05, 0.1) is 10.4 Å². The van der Waals surface area contributed by atoms with Gasteiger partial charge in [0.2, 0.25) is 0 Å². The zero-order chi connectivity index (χ0) is 18.7. The molecule has 0 radical (unpaired) electrons. The van der Waals surface area contributed by atoms with Crippen LogP contribution in [0.15, 0.2) is 47.3 Å². The van der Waals surface area contributed by atoms with Crippen molar-refractivity contribution < 1.29 is 9.53 Å². The van der Waals surface area contributed by atoms with Gasteiger partial charge in [0, 0.05) is 11.9 Å². The second-order valence-electron chi connectivity index (χ2n) is 5.72. The van der Waals surface area contributed by atoms with Gasteiger partial charge >= 0.3 is 5.97 Å². The number of rotatable bonds is 5. The molecule has 0 saturated carbocycles. The summed E-state index contributed by atoms with van der Waals surface area (Å²) in [6, 6.07) is 11.6. The van der Waals surface area contributed by atoms with Crippen molar-refractivity contribution in [3.05, 3.63) is 68.6 Å². The number of nitrogens with zero attached hydrogens (tertiary/aromatic N) is 2. The first-order valence-electron chi connectivity index (χ1n) is 8.19. The minimum absolute atomic E-state index is 0.0624. The average molecular weight is 391 g/mol. The molecule has 26 heavy (non-hydrogen) atoms. The van der Waals surface area contributed by atoms with E-state index in [1.54, 1.807) is 42.5 Å². The molecular weight excluding hydrogens is 375 g/mol. The topological polar surface area (TPSA) is 61.2 Å². The Bertz CT molecular complexity index is 1030. The van der Waals surface area contributed by atoms with Crippen molar-refractivity contribution in [3.8, 4) is 5.75 Å². The van der Waals surface area contributed by atoms with Crippen molar-refractivity contribution in [2.24, 2.45) is 0 Å². The lowest BCUT2D eigenvalue weighted by Gasteiger charge is -2.11. The van der Waals surface area contributed by atoms with Crippen LogP contribution in [0.1, 0.15) is 30.3 Å². The Balaban J connectivity index is 2.08. The number of halogens is 2. The van der Waals surface area contributed by atoms with Crippen molar-refractivity contribution in [2.45, 2.75) is 26.3 Å². The highest BCUT2D eigenvalue weighted by Gasteiger charge is 2.20. The van der Waals surface area contributed by atoms with Crippen molar-refractivity contribution in [2.75, 3.05) is 0 Å². The number of hydrogen-bond acceptors (Lipinski definition) is 4. The molecule has 0 atom stereocenters. The van der Waals surface area contributed by atoms with E-state index in [0.717, 1.165) is 12.8 Å². The summed E-state index contributed by atoms with van der Waals surface area (Å²) < 4.78 is 6.69. The quantitative estimate of drug-likeness (QED) is 0.466. The molecule has 2 aromatic carbocycles. The summed E-state index contributed by atoms with van der Waals surface area (Å²) in [5.74, 6) is -0.558.